The van der Waals surface area contributed by atoms with Crippen molar-refractivity contribution in [3.8, 4) is 5.75 Å². The first-order valence-corrected chi connectivity index (χ1v) is 9.62. The molecule has 1 aliphatic rings. The highest BCUT2D eigenvalue weighted by molar-refractivity contribution is 5.81. The molecule has 2 aromatic carbocycles. The number of piperidine rings is 1. The molecule has 1 aliphatic heterocycles. The summed E-state index contributed by atoms with van der Waals surface area (Å²) < 4.78 is 10.5. The summed E-state index contributed by atoms with van der Waals surface area (Å²) in [5.74, 6) is -0.132. The standard InChI is InChI=1S/C22H26N2O4/c1-17-7-5-6-14-24(17)21(25)15-28-22(26)16-27-20-12-10-19(11-13-20)23-18-8-3-2-4-9-18/h2-4,8-13,17,23H,5-7,14-16H2,1H3/t17-/m0/s1. The Hall–Kier alpha value is -3.02. The molecule has 3 rings (SSSR count). The van der Waals surface area contributed by atoms with E-state index in [-0.39, 0.29) is 25.2 Å². The molecular formula is C22H26N2O4. The number of anilines is 2. The quantitative estimate of drug-likeness (QED) is 0.739. The highest BCUT2D eigenvalue weighted by Crippen LogP contribution is 2.20. The maximum absolute atomic E-state index is 12.2. The predicted molar refractivity (Wildman–Crippen MR) is 108 cm³/mol. The highest BCUT2D eigenvalue weighted by atomic mass is 16.6. The maximum atomic E-state index is 12.2. The van der Waals surface area contributed by atoms with Crippen molar-refractivity contribution >= 4 is 23.3 Å². The van der Waals surface area contributed by atoms with E-state index < -0.39 is 5.97 Å². The van der Waals surface area contributed by atoms with Gasteiger partial charge in [-0.25, -0.2) is 4.79 Å². The van der Waals surface area contributed by atoms with Crippen LogP contribution in [0.15, 0.2) is 54.6 Å². The van der Waals surface area contributed by atoms with Crippen LogP contribution in [0.3, 0.4) is 0 Å². The number of amides is 1. The Balaban J connectivity index is 1.40. The Kier molecular flexibility index (Phi) is 6.89. The first kappa shape index (κ1) is 19.7. The summed E-state index contributed by atoms with van der Waals surface area (Å²) in [5.41, 5.74) is 1.91. The van der Waals surface area contributed by atoms with Gasteiger partial charge in [0.25, 0.3) is 5.91 Å². The summed E-state index contributed by atoms with van der Waals surface area (Å²) in [7, 11) is 0. The molecule has 2 aromatic rings. The van der Waals surface area contributed by atoms with Gasteiger partial charge in [0.05, 0.1) is 0 Å². The molecule has 0 aliphatic carbocycles. The van der Waals surface area contributed by atoms with Crippen LogP contribution >= 0.6 is 0 Å². The number of nitrogens with one attached hydrogen (secondary N) is 1. The molecule has 1 atom stereocenters. The first-order valence-electron chi connectivity index (χ1n) is 9.62. The van der Waals surface area contributed by atoms with Gasteiger partial charge in [0, 0.05) is 24.0 Å². The lowest BCUT2D eigenvalue weighted by Gasteiger charge is -2.33. The summed E-state index contributed by atoms with van der Waals surface area (Å²) >= 11 is 0. The van der Waals surface area contributed by atoms with Gasteiger partial charge in [0.2, 0.25) is 0 Å². The average molecular weight is 382 g/mol. The number of carbonyl (C=O) groups excluding carboxylic acids is 2. The Labute approximate surface area is 165 Å². The lowest BCUT2D eigenvalue weighted by molar-refractivity contribution is -0.154. The third-order valence-electron chi connectivity index (χ3n) is 4.75. The molecule has 0 unspecified atom stereocenters. The van der Waals surface area contributed by atoms with E-state index in [1.165, 1.54) is 0 Å². The fourth-order valence-corrected chi connectivity index (χ4v) is 3.20. The van der Waals surface area contributed by atoms with Gasteiger partial charge in [0.1, 0.15) is 5.75 Å². The Morgan fingerprint density at radius 2 is 1.71 bits per heavy atom. The maximum Gasteiger partial charge on any atom is 0.344 e. The number of para-hydroxylation sites is 1. The second kappa shape index (κ2) is 9.78. The van der Waals surface area contributed by atoms with Gasteiger partial charge in [-0.15, -0.1) is 0 Å². The van der Waals surface area contributed by atoms with E-state index >= 15 is 0 Å². The molecule has 0 saturated carbocycles. The van der Waals surface area contributed by atoms with Crippen molar-refractivity contribution in [2.75, 3.05) is 25.1 Å². The van der Waals surface area contributed by atoms with Gasteiger partial charge >= 0.3 is 5.97 Å². The summed E-state index contributed by atoms with van der Waals surface area (Å²) in [6.45, 7) is 2.30. The largest absolute Gasteiger partial charge is 0.482 e. The number of carbonyl (C=O) groups is 2. The van der Waals surface area contributed by atoms with Gasteiger partial charge in [-0.3, -0.25) is 4.79 Å². The Bertz CT molecular complexity index is 777. The van der Waals surface area contributed by atoms with E-state index in [9.17, 15) is 9.59 Å². The summed E-state index contributed by atoms with van der Waals surface area (Å²) in [6, 6.07) is 17.3. The van der Waals surface area contributed by atoms with Gasteiger partial charge in [-0.2, -0.15) is 0 Å². The molecule has 0 radical (unpaired) electrons. The minimum Gasteiger partial charge on any atom is -0.482 e. The summed E-state index contributed by atoms with van der Waals surface area (Å²) in [4.78, 5) is 25.8. The average Bonchev–Trinajstić information content (AvgIpc) is 2.72. The molecule has 0 bridgehead atoms. The zero-order valence-corrected chi connectivity index (χ0v) is 16.1. The smallest absolute Gasteiger partial charge is 0.344 e. The monoisotopic (exact) mass is 382 g/mol. The predicted octanol–water partition coefficient (Wildman–Crippen LogP) is 3.75. The molecule has 1 amide bonds. The van der Waals surface area contributed by atoms with Crippen molar-refractivity contribution in [2.24, 2.45) is 0 Å². The van der Waals surface area contributed by atoms with Crippen LogP contribution in [-0.4, -0.2) is 42.6 Å². The fourth-order valence-electron chi connectivity index (χ4n) is 3.20. The van der Waals surface area contributed by atoms with Crippen molar-refractivity contribution in [3.05, 3.63) is 54.6 Å². The van der Waals surface area contributed by atoms with Crippen LogP contribution in [-0.2, 0) is 14.3 Å². The van der Waals surface area contributed by atoms with Crippen LogP contribution in [0.4, 0.5) is 11.4 Å². The van der Waals surface area contributed by atoms with Crippen molar-refractivity contribution in [2.45, 2.75) is 32.2 Å². The SMILES string of the molecule is C[C@H]1CCCCN1C(=O)COC(=O)COc1ccc(Nc2ccccc2)cc1. The van der Waals surface area contributed by atoms with Crippen LogP contribution < -0.4 is 10.1 Å². The topological polar surface area (TPSA) is 67.9 Å². The molecular weight excluding hydrogens is 356 g/mol. The number of ether oxygens (including phenoxy) is 2. The minimum atomic E-state index is -0.551. The zero-order chi connectivity index (χ0) is 19.8. The normalized spacial score (nSPS) is 16.3. The van der Waals surface area contributed by atoms with Crippen LogP contribution in [0.1, 0.15) is 26.2 Å². The molecule has 1 saturated heterocycles. The second-order valence-electron chi connectivity index (χ2n) is 6.90. The lowest BCUT2D eigenvalue weighted by Crippen LogP contribution is -2.44. The van der Waals surface area contributed by atoms with E-state index in [4.69, 9.17) is 9.47 Å². The molecule has 1 fully saturated rings. The van der Waals surface area contributed by atoms with Crippen molar-refractivity contribution < 1.29 is 19.1 Å². The number of benzene rings is 2. The summed E-state index contributed by atoms with van der Waals surface area (Å²) in [6.07, 6.45) is 3.14. The van der Waals surface area contributed by atoms with E-state index in [0.29, 0.717) is 5.75 Å². The molecule has 28 heavy (non-hydrogen) atoms. The van der Waals surface area contributed by atoms with Crippen LogP contribution in [0, 0.1) is 0 Å². The Morgan fingerprint density at radius 1 is 1.00 bits per heavy atom. The zero-order valence-electron chi connectivity index (χ0n) is 16.1. The van der Waals surface area contributed by atoms with Crippen molar-refractivity contribution in [1.29, 1.82) is 0 Å². The van der Waals surface area contributed by atoms with Crippen molar-refractivity contribution in [1.82, 2.24) is 4.90 Å². The van der Waals surface area contributed by atoms with Gasteiger partial charge in [-0.1, -0.05) is 18.2 Å². The van der Waals surface area contributed by atoms with Gasteiger partial charge < -0.3 is 19.7 Å². The van der Waals surface area contributed by atoms with Gasteiger partial charge in [0.15, 0.2) is 13.2 Å². The third-order valence-corrected chi connectivity index (χ3v) is 4.75. The minimum absolute atomic E-state index is 0.142. The van der Waals surface area contributed by atoms with E-state index in [1.54, 1.807) is 17.0 Å². The number of esters is 1. The molecule has 148 valence electrons. The van der Waals surface area contributed by atoms with Crippen LogP contribution in [0.2, 0.25) is 0 Å². The molecule has 0 aromatic heterocycles. The lowest BCUT2D eigenvalue weighted by atomic mass is 10.0. The molecule has 6 nitrogen and oxygen atoms in total. The van der Waals surface area contributed by atoms with E-state index in [2.05, 4.69) is 5.32 Å². The van der Waals surface area contributed by atoms with Crippen LogP contribution in [0.25, 0.3) is 0 Å². The van der Waals surface area contributed by atoms with Crippen molar-refractivity contribution in [3.63, 3.8) is 0 Å². The molecule has 0 spiro atoms. The van der Waals surface area contributed by atoms with Crippen LogP contribution in [0.5, 0.6) is 5.75 Å². The molecule has 1 heterocycles. The highest BCUT2D eigenvalue weighted by Gasteiger charge is 2.23. The number of hydrogen-bond acceptors (Lipinski definition) is 5. The van der Waals surface area contributed by atoms with Gasteiger partial charge in [-0.05, 0) is 62.6 Å². The number of nitrogens with zero attached hydrogens (tertiary/aromatic N) is 1. The fraction of sp³-hybridized carbons (Fsp3) is 0.364. The third kappa shape index (κ3) is 5.74. The second-order valence-corrected chi connectivity index (χ2v) is 6.90. The molecule has 6 heteroatoms. The molecule has 1 N–H and O–H groups in total. The summed E-state index contributed by atoms with van der Waals surface area (Å²) in [5, 5.41) is 3.27. The number of hydrogen-bond donors (Lipinski definition) is 1. The van der Waals surface area contributed by atoms with E-state index in [0.717, 1.165) is 37.2 Å². The number of rotatable bonds is 7. The Morgan fingerprint density at radius 3 is 2.43 bits per heavy atom. The number of likely N-dealkylation sites (tertiary alicyclic amines) is 1. The van der Waals surface area contributed by atoms with E-state index in [1.807, 2.05) is 49.4 Å². The first-order chi connectivity index (χ1) is 13.6.